The van der Waals surface area contributed by atoms with Crippen LogP contribution in [0.1, 0.15) is 24.6 Å². The van der Waals surface area contributed by atoms with E-state index in [9.17, 15) is 0 Å². The Morgan fingerprint density at radius 1 is 1.25 bits per heavy atom. The fourth-order valence-corrected chi connectivity index (χ4v) is 1.84. The minimum Gasteiger partial charge on any atom is -0.369 e. The average molecular weight is 215 g/mol. The van der Waals surface area contributed by atoms with Gasteiger partial charge < -0.3 is 5.73 Å². The van der Waals surface area contributed by atoms with Crippen molar-refractivity contribution in [2.24, 2.45) is 0 Å². The Morgan fingerprint density at radius 2 is 1.94 bits per heavy atom. The van der Waals surface area contributed by atoms with Crippen LogP contribution in [0, 0.1) is 6.92 Å². The van der Waals surface area contributed by atoms with Gasteiger partial charge in [0.15, 0.2) is 0 Å². The summed E-state index contributed by atoms with van der Waals surface area (Å²) >= 11 is 0. The lowest BCUT2D eigenvalue weighted by Gasteiger charge is -2.05. The van der Waals surface area contributed by atoms with Crippen molar-refractivity contribution in [2.45, 2.75) is 26.7 Å². The maximum absolute atomic E-state index is 5.82. The molecule has 3 nitrogen and oxygen atoms in total. The van der Waals surface area contributed by atoms with E-state index in [1.807, 2.05) is 17.7 Å². The summed E-state index contributed by atoms with van der Waals surface area (Å²) in [6.07, 6.45) is 4.24. The lowest BCUT2D eigenvalue weighted by atomic mass is 10.1. The highest BCUT2D eigenvalue weighted by atomic mass is 15.1. The molecule has 1 aromatic carbocycles. The normalized spacial score (nSPS) is 10.6. The molecule has 16 heavy (non-hydrogen) atoms. The van der Waals surface area contributed by atoms with E-state index in [1.54, 1.807) is 0 Å². The molecule has 0 saturated heterocycles. The van der Waals surface area contributed by atoms with E-state index in [2.05, 4.69) is 36.2 Å². The zero-order chi connectivity index (χ0) is 11.5. The fourth-order valence-electron chi connectivity index (χ4n) is 1.84. The van der Waals surface area contributed by atoms with Gasteiger partial charge in [0.2, 0.25) is 5.95 Å². The Bertz CT molecular complexity index is 468. The second-order valence-electron chi connectivity index (χ2n) is 4.03. The molecule has 1 aromatic heterocycles. The van der Waals surface area contributed by atoms with Crippen LogP contribution in [-0.2, 0) is 6.42 Å². The predicted molar refractivity (Wildman–Crippen MR) is 66.7 cm³/mol. The summed E-state index contributed by atoms with van der Waals surface area (Å²) < 4.78 is 1.91. The summed E-state index contributed by atoms with van der Waals surface area (Å²) in [5.41, 5.74) is 9.19. The number of hydrogen-bond donors (Lipinski definition) is 1. The van der Waals surface area contributed by atoms with Crippen LogP contribution in [0.15, 0.2) is 30.5 Å². The van der Waals surface area contributed by atoms with E-state index in [-0.39, 0.29) is 0 Å². The number of nitrogen functional groups attached to an aromatic ring is 1. The Hall–Kier alpha value is -1.77. The standard InChI is InChI=1S/C13H17N3/c1-3-4-11-5-7-12(8-6-11)16-9-10(2)15-13(16)14/h5-9H,3-4H2,1-2H3,(H2,14,15). The maximum atomic E-state index is 5.82. The van der Waals surface area contributed by atoms with Crippen LogP contribution in [0.2, 0.25) is 0 Å². The monoisotopic (exact) mass is 215 g/mol. The van der Waals surface area contributed by atoms with Crippen molar-refractivity contribution in [1.82, 2.24) is 9.55 Å². The maximum Gasteiger partial charge on any atom is 0.205 e. The molecule has 0 aliphatic heterocycles. The number of hydrogen-bond acceptors (Lipinski definition) is 2. The van der Waals surface area contributed by atoms with Crippen LogP contribution in [0.25, 0.3) is 5.69 Å². The third-order valence-electron chi connectivity index (χ3n) is 2.61. The molecule has 2 rings (SSSR count). The molecule has 3 heteroatoms. The Labute approximate surface area is 95.9 Å². The molecule has 0 atom stereocenters. The predicted octanol–water partition coefficient (Wildman–Crippen LogP) is 2.72. The molecular weight excluding hydrogens is 198 g/mol. The van der Waals surface area contributed by atoms with Gasteiger partial charge in [-0.15, -0.1) is 0 Å². The Balaban J connectivity index is 2.31. The van der Waals surface area contributed by atoms with Crippen LogP contribution in [0.5, 0.6) is 0 Å². The second-order valence-corrected chi connectivity index (χ2v) is 4.03. The molecule has 0 aliphatic rings. The first-order valence-electron chi connectivity index (χ1n) is 5.61. The summed E-state index contributed by atoms with van der Waals surface area (Å²) in [4.78, 5) is 4.19. The number of rotatable bonds is 3. The van der Waals surface area contributed by atoms with Crippen molar-refractivity contribution in [2.75, 3.05) is 5.73 Å². The zero-order valence-electron chi connectivity index (χ0n) is 9.77. The quantitative estimate of drug-likeness (QED) is 0.855. The van der Waals surface area contributed by atoms with Gasteiger partial charge in [-0.05, 0) is 31.0 Å². The third-order valence-corrected chi connectivity index (χ3v) is 2.61. The first-order valence-corrected chi connectivity index (χ1v) is 5.61. The van der Waals surface area contributed by atoms with Crippen molar-refractivity contribution in [3.05, 3.63) is 41.7 Å². The molecular formula is C13H17N3. The van der Waals surface area contributed by atoms with Gasteiger partial charge in [-0.25, -0.2) is 4.98 Å². The largest absolute Gasteiger partial charge is 0.369 e. The molecule has 0 unspecified atom stereocenters. The minimum atomic E-state index is 0.542. The smallest absolute Gasteiger partial charge is 0.205 e. The van der Waals surface area contributed by atoms with Crippen molar-refractivity contribution in [3.63, 3.8) is 0 Å². The van der Waals surface area contributed by atoms with E-state index in [1.165, 1.54) is 12.0 Å². The molecule has 2 N–H and O–H groups in total. The molecule has 0 amide bonds. The molecule has 0 bridgehead atoms. The first kappa shape index (κ1) is 10.7. The summed E-state index contributed by atoms with van der Waals surface area (Å²) in [5, 5.41) is 0. The van der Waals surface area contributed by atoms with Gasteiger partial charge in [-0.2, -0.15) is 0 Å². The SMILES string of the molecule is CCCc1ccc(-n2cc(C)nc2N)cc1. The van der Waals surface area contributed by atoms with E-state index in [0.29, 0.717) is 5.95 Å². The van der Waals surface area contributed by atoms with Crippen molar-refractivity contribution in [3.8, 4) is 5.69 Å². The summed E-state index contributed by atoms with van der Waals surface area (Å²) in [6.45, 7) is 4.13. The van der Waals surface area contributed by atoms with Crippen LogP contribution in [0.4, 0.5) is 5.95 Å². The molecule has 0 saturated carbocycles. The molecule has 0 fully saturated rings. The minimum absolute atomic E-state index is 0.542. The highest BCUT2D eigenvalue weighted by molar-refractivity contribution is 5.41. The van der Waals surface area contributed by atoms with Crippen LogP contribution in [-0.4, -0.2) is 9.55 Å². The van der Waals surface area contributed by atoms with Crippen LogP contribution >= 0.6 is 0 Å². The van der Waals surface area contributed by atoms with Gasteiger partial charge in [0.25, 0.3) is 0 Å². The highest BCUT2D eigenvalue weighted by Gasteiger charge is 2.03. The van der Waals surface area contributed by atoms with Gasteiger partial charge in [0.05, 0.1) is 5.69 Å². The van der Waals surface area contributed by atoms with E-state index < -0.39 is 0 Å². The van der Waals surface area contributed by atoms with Gasteiger partial charge in [0.1, 0.15) is 0 Å². The van der Waals surface area contributed by atoms with Crippen LogP contribution in [0.3, 0.4) is 0 Å². The molecule has 0 radical (unpaired) electrons. The number of aryl methyl sites for hydroxylation is 2. The average Bonchev–Trinajstić information content (AvgIpc) is 2.59. The number of imidazole rings is 1. The molecule has 0 spiro atoms. The Kier molecular flexibility index (Phi) is 2.95. The van der Waals surface area contributed by atoms with Crippen molar-refractivity contribution in [1.29, 1.82) is 0 Å². The van der Waals surface area contributed by atoms with Crippen LogP contribution < -0.4 is 5.73 Å². The Morgan fingerprint density at radius 3 is 2.44 bits per heavy atom. The lowest BCUT2D eigenvalue weighted by molar-refractivity contribution is 0.920. The highest BCUT2D eigenvalue weighted by Crippen LogP contribution is 2.15. The number of benzene rings is 1. The topological polar surface area (TPSA) is 43.8 Å². The van der Waals surface area contributed by atoms with Gasteiger partial charge in [-0.3, -0.25) is 4.57 Å². The number of nitrogens with zero attached hydrogens (tertiary/aromatic N) is 2. The zero-order valence-corrected chi connectivity index (χ0v) is 9.77. The summed E-state index contributed by atoms with van der Waals surface area (Å²) in [5.74, 6) is 0.542. The van der Waals surface area contributed by atoms with E-state index in [4.69, 9.17) is 5.73 Å². The van der Waals surface area contributed by atoms with E-state index >= 15 is 0 Å². The molecule has 1 heterocycles. The van der Waals surface area contributed by atoms with Gasteiger partial charge in [0, 0.05) is 11.9 Å². The number of anilines is 1. The molecule has 2 aromatic rings. The van der Waals surface area contributed by atoms with Gasteiger partial charge >= 0.3 is 0 Å². The third kappa shape index (κ3) is 2.08. The summed E-state index contributed by atoms with van der Waals surface area (Å²) in [7, 11) is 0. The number of aromatic nitrogens is 2. The van der Waals surface area contributed by atoms with Crippen molar-refractivity contribution < 1.29 is 0 Å². The number of nitrogens with two attached hydrogens (primary N) is 1. The van der Waals surface area contributed by atoms with E-state index in [0.717, 1.165) is 17.8 Å². The second kappa shape index (κ2) is 4.39. The lowest BCUT2D eigenvalue weighted by Crippen LogP contribution is -1.99. The fraction of sp³-hybridized carbons (Fsp3) is 0.308. The first-order chi connectivity index (χ1) is 7.70. The van der Waals surface area contributed by atoms with Gasteiger partial charge in [-0.1, -0.05) is 25.5 Å². The molecule has 0 aliphatic carbocycles. The van der Waals surface area contributed by atoms with Crippen molar-refractivity contribution >= 4 is 5.95 Å². The summed E-state index contributed by atoms with van der Waals surface area (Å²) in [6, 6.07) is 8.46. The molecule has 84 valence electrons.